The third kappa shape index (κ3) is 8.01. The number of aryl methyl sites for hydroxylation is 2. The van der Waals surface area contributed by atoms with Gasteiger partial charge in [-0.3, -0.25) is 0 Å². The Morgan fingerprint density at radius 2 is 0.795 bits per heavy atom. The Morgan fingerprint density at radius 1 is 0.308 bits per heavy atom. The number of hydrogen-bond donors (Lipinski definition) is 0. The van der Waals surface area contributed by atoms with Gasteiger partial charge in [0.05, 0.1) is 39.4 Å². The molecule has 366 valence electrons. The van der Waals surface area contributed by atoms with E-state index in [2.05, 4.69) is 199 Å². The van der Waals surface area contributed by atoms with Gasteiger partial charge in [-0.05, 0) is 126 Å². The maximum absolute atomic E-state index is 10.6. The van der Waals surface area contributed by atoms with Crippen molar-refractivity contribution in [2.75, 3.05) is 0 Å². The first kappa shape index (κ1) is 46.1. The summed E-state index contributed by atoms with van der Waals surface area (Å²) in [6.45, 7) is 4.28. The molecule has 14 rings (SSSR count). The molecule has 0 aliphatic rings. The van der Waals surface area contributed by atoms with Crippen LogP contribution < -0.4 is 0 Å². The average Bonchev–Trinajstić information content (AvgIpc) is 4.22. The van der Waals surface area contributed by atoms with E-state index in [0.29, 0.717) is 23.0 Å². The molecule has 14 aromatic rings. The topological polar surface area (TPSA) is 72.3 Å². The molecular formula is C72H48N6. The highest BCUT2D eigenvalue weighted by Gasteiger charge is 2.24. The van der Waals surface area contributed by atoms with E-state index < -0.39 is 0 Å². The maximum Gasteiger partial charge on any atom is 0.164 e. The first-order valence-corrected chi connectivity index (χ1v) is 26.3. The van der Waals surface area contributed by atoms with Gasteiger partial charge in [0.15, 0.2) is 17.5 Å². The summed E-state index contributed by atoms with van der Waals surface area (Å²) in [5, 5.41) is 15.2. The van der Waals surface area contributed by atoms with Gasteiger partial charge in [0.1, 0.15) is 0 Å². The van der Waals surface area contributed by atoms with Crippen LogP contribution in [0, 0.1) is 25.2 Å². The zero-order chi connectivity index (χ0) is 52.3. The summed E-state index contributed by atoms with van der Waals surface area (Å²) < 4.78 is 4.79. The first-order chi connectivity index (χ1) is 38.4. The molecule has 6 nitrogen and oxygen atoms in total. The van der Waals surface area contributed by atoms with Crippen LogP contribution in [0.4, 0.5) is 0 Å². The molecule has 0 bridgehead atoms. The molecule has 6 heteroatoms. The SMILES string of the molecule is Cc1cccc(-c2ccc3c(c2)c2ccccc2n3-c2ccc(-c3nc(-c4ccccc4)nc(-c4ccccc4)n3)c(-c3cc(-c4ccccc4C#N)ccc3-n3c4ccccc4c4cc(-c5cccc(C)c5)ccc43)c2)c1. The van der Waals surface area contributed by atoms with Crippen molar-refractivity contribution in [1.82, 2.24) is 24.1 Å². The fourth-order valence-electron chi connectivity index (χ4n) is 11.5. The minimum absolute atomic E-state index is 0.535. The van der Waals surface area contributed by atoms with Crippen LogP contribution in [0.15, 0.2) is 255 Å². The summed E-state index contributed by atoms with van der Waals surface area (Å²) in [4.78, 5) is 15.9. The normalized spacial score (nSPS) is 11.4. The monoisotopic (exact) mass is 996 g/mol. The van der Waals surface area contributed by atoms with Crippen molar-refractivity contribution >= 4 is 43.6 Å². The molecule has 11 aromatic carbocycles. The molecule has 0 spiro atoms. The van der Waals surface area contributed by atoms with Crippen LogP contribution >= 0.6 is 0 Å². The third-order valence-electron chi connectivity index (χ3n) is 15.1. The average molecular weight is 997 g/mol. The quantitative estimate of drug-likeness (QED) is 0.144. The number of rotatable bonds is 9. The van der Waals surface area contributed by atoms with Crippen molar-refractivity contribution in [3.63, 3.8) is 0 Å². The Bertz CT molecular complexity index is 4650. The number of fused-ring (bicyclic) bond motifs is 6. The molecule has 0 atom stereocenters. The molecule has 0 aliphatic carbocycles. The van der Waals surface area contributed by atoms with Crippen LogP contribution in [0.1, 0.15) is 16.7 Å². The number of hydrogen-bond acceptors (Lipinski definition) is 4. The zero-order valence-corrected chi connectivity index (χ0v) is 42.9. The number of nitrogens with zero attached hydrogens (tertiary/aromatic N) is 6. The van der Waals surface area contributed by atoms with Crippen LogP contribution in [-0.2, 0) is 0 Å². The molecule has 3 heterocycles. The van der Waals surface area contributed by atoms with Gasteiger partial charge in [-0.1, -0.05) is 193 Å². The molecular weight excluding hydrogens is 949 g/mol. The van der Waals surface area contributed by atoms with E-state index in [9.17, 15) is 5.26 Å². The molecule has 0 saturated heterocycles. The summed E-state index contributed by atoms with van der Waals surface area (Å²) in [7, 11) is 0. The highest BCUT2D eigenvalue weighted by atomic mass is 15.0. The van der Waals surface area contributed by atoms with Crippen molar-refractivity contribution in [1.29, 1.82) is 5.26 Å². The van der Waals surface area contributed by atoms with Gasteiger partial charge in [0.2, 0.25) is 0 Å². The molecule has 0 unspecified atom stereocenters. The van der Waals surface area contributed by atoms with E-state index in [-0.39, 0.29) is 0 Å². The first-order valence-electron chi connectivity index (χ1n) is 26.3. The van der Waals surface area contributed by atoms with Gasteiger partial charge >= 0.3 is 0 Å². The number of aromatic nitrogens is 5. The molecule has 3 aromatic heterocycles. The molecule has 0 N–H and O–H groups in total. The lowest BCUT2D eigenvalue weighted by atomic mass is 9.91. The van der Waals surface area contributed by atoms with Crippen molar-refractivity contribution in [3.05, 3.63) is 271 Å². The molecule has 0 amide bonds. The van der Waals surface area contributed by atoms with E-state index in [0.717, 1.165) is 94.1 Å². The van der Waals surface area contributed by atoms with Crippen LogP contribution in [-0.4, -0.2) is 24.1 Å². The second kappa shape index (κ2) is 19.0. The Kier molecular flexibility index (Phi) is 11.2. The number of benzene rings is 11. The second-order valence-corrected chi connectivity index (χ2v) is 20.1. The summed E-state index contributed by atoms with van der Waals surface area (Å²) >= 11 is 0. The van der Waals surface area contributed by atoms with Crippen molar-refractivity contribution in [3.8, 4) is 96.1 Å². The molecule has 78 heavy (non-hydrogen) atoms. The van der Waals surface area contributed by atoms with Gasteiger partial charge in [-0.2, -0.15) is 5.26 Å². The van der Waals surface area contributed by atoms with Gasteiger partial charge in [0.25, 0.3) is 0 Å². The van der Waals surface area contributed by atoms with Crippen LogP contribution in [0.3, 0.4) is 0 Å². The lowest BCUT2D eigenvalue weighted by Crippen LogP contribution is -2.04. The summed E-state index contributed by atoms with van der Waals surface area (Å²) in [6.07, 6.45) is 0. The highest BCUT2D eigenvalue weighted by molar-refractivity contribution is 6.12. The van der Waals surface area contributed by atoms with Crippen LogP contribution in [0.2, 0.25) is 0 Å². The number of nitriles is 1. The molecule has 0 fully saturated rings. The minimum atomic E-state index is 0.535. The Morgan fingerprint density at radius 3 is 1.40 bits per heavy atom. The van der Waals surface area contributed by atoms with E-state index in [1.165, 1.54) is 33.2 Å². The maximum atomic E-state index is 10.6. The van der Waals surface area contributed by atoms with E-state index in [4.69, 9.17) is 15.0 Å². The lowest BCUT2D eigenvalue weighted by Gasteiger charge is -2.20. The predicted molar refractivity (Wildman–Crippen MR) is 321 cm³/mol. The van der Waals surface area contributed by atoms with Crippen LogP contribution in [0.25, 0.3) is 134 Å². The summed E-state index contributed by atoms with van der Waals surface area (Å²) in [5.41, 5.74) is 20.2. The fraction of sp³-hybridized carbons (Fsp3) is 0.0278. The Hall–Kier alpha value is -10.5. The van der Waals surface area contributed by atoms with E-state index in [1.807, 2.05) is 84.9 Å². The van der Waals surface area contributed by atoms with E-state index >= 15 is 0 Å². The van der Waals surface area contributed by atoms with E-state index in [1.54, 1.807) is 0 Å². The minimum Gasteiger partial charge on any atom is -0.309 e. The van der Waals surface area contributed by atoms with Gasteiger partial charge in [-0.25, -0.2) is 15.0 Å². The van der Waals surface area contributed by atoms with Crippen molar-refractivity contribution in [2.45, 2.75) is 13.8 Å². The standard InChI is InChI=1S/C72H48N6/c1-46-17-15-24-50(39-46)52-31-36-67-62(41-52)58-27-11-13-29-65(58)77(67)56-34-35-60(72-75-70(48-19-5-3-6-20-48)74-71(76-72)49-21-7-4-8-22-49)61(44-56)64-43-54(57-26-10-9-23-55(57)45-73)33-38-69(64)78-66-30-14-12-28-59(66)63-42-53(32-37-68(63)78)51-25-16-18-47(2)40-51/h3-44H,1-2H3. The molecule has 0 aliphatic heterocycles. The smallest absolute Gasteiger partial charge is 0.164 e. The second-order valence-electron chi connectivity index (χ2n) is 20.1. The fourth-order valence-corrected chi connectivity index (χ4v) is 11.5. The Labute approximate surface area is 452 Å². The van der Waals surface area contributed by atoms with Crippen LogP contribution in [0.5, 0.6) is 0 Å². The molecule has 0 radical (unpaired) electrons. The third-order valence-corrected chi connectivity index (χ3v) is 15.1. The number of para-hydroxylation sites is 2. The van der Waals surface area contributed by atoms with Gasteiger partial charge in [-0.15, -0.1) is 0 Å². The summed E-state index contributed by atoms with van der Waals surface area (Å²) in [6, 6.07) is 92.4. The largest absolute Gasteiger partial charge is 0.309 e. The summed E-state index contributed by atoms with van der Waals surface area (Å²) in [5.74, 6) is 1.68. The lowest BCUT2D eigenvalue weighted by molar-refractivity contribution is 1.07. The van der Waals surface area contributed by atoms with Crippen molar-refractivity contribution < 1.29 is 0 Å². The Balaban J connectivity index is 1.09. The van der Waals surface area contributed by atoms with Gasteiger partial charge < -0.3 is 9.13 Å². The zero-order valence-electron chi connectivity index (χ0n) is 42.9. The molecule has 0 saturated carbocycles. The highest BCUT2D eigenvalue weighted by Crippen LogP contribution is 2.45. The van der Waals surface area contributed by atoms with Gasteiger partial charge in [0, 0.05) is 49.5 Å². The predicted octanol–water partition coefficient (Wildman–Crippen LogP) is 18.2. The van der Waals surface area contributed by atoms with Crippen molar-refractivity contribution in [2.24, 2.45) is 0 Å².